The molecule has 0 N–H and O–H groups in total. The Hall–Kier alpha value is -2.15. The second-order valence-electron chi connectivity index (χ2n) is 6.68. The number of benzene rings is 2. The number of oxazole rings is 1. The number of halogens is 1. The molecule has 5 nitrogen and oxygen atoms in total. The Balaban J connectivity index is 2.00. The first-order chi connectivity index (χ1) is 13.3. The number of nitrogens with zero attached hydrogens (tertiary/aromatic N) is 2. The third-order valence-corrected chi connectivity index (χ3v) is 6.84. The Morgan fingerprint density at radius 3 is 2.46 bits per heavy atom. The van der Waals surface area contributed by atoms with Crippen LogP contribution < -0.4 is 0 Å². The van der Waals surface area contributed by atoms with E-state index in [4.69, 9.17) is 16.0 Å². The van der Waals surface area contributed by atoms with E-state index in [9.17, 15) is 8.42 Å². The summed E-state index contributed by atoms with van der Waals surface area (Å²) < 4.78 is 33.8. The van der Waals surface area contributed by atoms with Crippen molar-refractivity contribution in [2.45, 2.75) is 45.2 Å². The molecular weight excluding hydrogens is 396 g/mol. The highest BCUT2D eigenvalue weighted by Gasteiger charge is 2.27. The molecule has 3 aromatic rings. The first-order valence-electron chi connectivity index (χ1n) is 9.05. The van der Waals surface area contributed by atoms with Crippen molar-refractivity contribution in [1.29, 1.82) is 0 Å². The van der Waals surface area contributed by atoms with Gasteiger partial charge in [-0.1, -0.05) is 42.8 Å². The fourth-order valence-electron chi connectivity index (χ4n) is 2.80. The molecule has 0 aliphatic carbocycles. The molecule has 0 saturated heterocycles. The van der Waals surface area contributed by atoms with Crippen molar-refractivity contribution in [3.63, 3.8) is 0 Å². The smallest absolute Gasteiger partial charge is 0.243 e. The second-order valence-corrected chi connectivity index (χ2v) is 9.03. The molecule has 0 aliphatic rings. The van der Waals surface area contributed by atoms with Crippen LogP contribution in [0.3, 0.4) is 0 Å². The van der Waals surface area contributed by atoms with Crippen molar-refractivity contribution in [3.8, 4) is 0 Å². The van der Waals surface area contributed by atoms with Crippen molar-refractivity contribution in [3.05, 3.63) is 82.0 Å². The van der Waals surface area contributed by atoms with Crippen LogP contribution in [0.15, 0.2) is 58.0 Å². The van der Waals surface area contributed by atoms with Crippen LogP contribution in [0.25, 0.3) is 0 Å². The Labute approximate surface area is 171 Å². The molecule has 1 heterocycles. The van der Waals surface area contributed by atoms with Crippen molar-refractivity contribution in [2.24, 2.45) is 0 Å². The predicted octanol–water partition coefficient (Wildman–Crippen LogP) is 4.90. The molecule has 0 radical (unpaired) electrons. The van der Waals surface area contributed by atoms with Gasteiger partial charge in [-0.2, -0.15) is 4.31 Å². The summed E-state index contributed by atoms with van der Waals surface area (Å²) in [6.45, 7) is 5.96. The van der Waals surface area contributed by atoms with Crippen LogP contribution in [0.4, 0.5) is 0 Å². The summed E-state index contributed by atoms with van der Waals surface area (Å²) in [6.07, 6.45) is 2.33. The van der Waals surface area contributed by atoms with Crippen molar-refractivity contribution in [1.82, 2.24) is 9.29 Å². The Morgan fingerprint density at radius 1 is 1.07 bits per heavy atom. The highest BCUT2D eigenvalue weighted by molar-refractivity contribution is 7.89. The number of hydrogen-bond donors (Lipinski definition) is 0. The van der Waals surface area contributed by atoms with Gasteiger partial charge in [0.15, 0.2) is 0 Å². The number of sulfonamides is 1. The van der Waals surface area contributed by atoms with Gasteiger partial charge < -0.3 is 4.42 Å². The van der Waals surface area contributed by atoms with Crippen LogP contribution >= 0.6 is 11.6 Å². The van der Waals surface area contributed by atoms with Gasteiger partial charge in [0.1, 0.15) is 5.76 Å². The number of rotatable bonds is 7. The van der Waals surface area contributed by atoms with Gasteiger partial charge in [0.2, 0.25) is 15.9 Å². The summed E-state index contributed by atoms with van der Waals surface area (Å²) in [4.78, 5) is 4.46. The third kappa shape index (κ3) is 4.46. The van der Waals surface area contributed by atoms with Gasteiger partial charge in [-0.3, -0.25) is 0 Å². The highest BCUT2D eigenvalue weighted by atomic mass is 35.5. The van der Waals surface area contributed by atoms with E-state index in [1.807, 2.05) is 45.0 Å². The van der Waals surface area contributed by atoms with E-state index in [1.165, 1.54) is 4.31 Å². The van der Waals surface area contributed by atoms with Gasteiger partial charge >= 0.3 is 0 Å². The molecule has 3 rings (SSSR count). The SMILES string of the molecule is CCc1cnc(CN(Cc2ccccc2Cl)S(=O)(=O)c2ccc(C)c(C)c2)o1. The molecule has 7 heteroatoms. The first-order valence-corrected chi connectivity index (χ1v) is 10.9. The van der Waals surface area contributed by atoms with Gasteiger partial charge in [-0.25, -0.2) is 13.4 Å². The zero-order valence-electron chi connectivity index (χ0n) is 16.1. The van der Waals surface area contributed by atoms with Crippen LogP contribution in [0.2, 0.25) is 5.02 Å². The van der Waals surface area contributed by atoms with Crippen molar-refractivity contribution < 1.29 is 12.8 Å². The summed E-state index contributed by atoms with van der Waals surface area (Å²) in [5, 5.41) is 0.518. The lowest BCUT2D eigenvalue weighted by atomic mass is 10.1. The molecular formula is C21H23ClN2O3S. The second kappa shape index (κ2) is 8.47. The average Bonchev–Trinajstić information content (AvgIpc) is 3.12. The minimum Gasteiger partial charge on any atom is -0.444 e. The third-order valence-electron chi connectivity index (χ3n) is 4.68. The maximum Gasteiger partial charge on any atom is 0.243 e. The van der Waals surface area contributed by atoms with Crippen LogP contribution in [0, 0.1) is 13.8 Å². The molecule has 0 spiro atoms. The van der Waals surface area contributed by atoms with Gasteiger partial charge in [0.25, 0.3) is 0 Å². The lowest BCUT2D eigenvalue weighted by molar-refractivity contribution is 0.342. The van der Waals surface area contributed by atoms with E-state index in [0.717, 1.165) is 22.5 Å². The Morgan fingerprint density at radius 2 is 1.82 bits per heavy atom. The summed E-state index contributed by atoms with van der Waals surface area (Å²) >= 11 is 6.28. The molecule has 0 saturated carbocycles. The van der Waals surface area contributed by atoms with E-state index >= 15 is 0 Å². The van der Waals surface area contributed by atoms with E-state index in [0.29, 0.717) is 17.3 Å². The van der Waals surface area contributed by atoms with Gasteiger partial charge in [-0.15, -0.1) is 0 Å². The summed E-state index contributed by atoms with van der Waals surface area (Å²) in [6, 6.07) is 12.4. The minimum atomic E-state index is -3.78. The first kappa shape index (κ1) is 20.6. The summed E-state index contributed by atoms with van der Waals surface area (Å²) in [5.41, 5.74) is 2.68. The predicted molar refractivity (Wildman–Crippen MR) is 110 cm³/mol. The maximum atomic E-state index is 13.4. The molecule has 148 valence electrons. The number of hydrogen-bond acceptors (Lipinski definition) is 4. The molecule has 0 bridgehead atoms. The van der Waals surface area contributed by atoms with Crippen molar-refractivity contribution in [2.75, 3.05) is 0 Å². The topological polar surface area (TPSA) is 63.4 Å². The van der Waals surface area contributed by atoms with E-state index < -0.39 is 10.0 Å². The zero-order valence-corrected chi connectivity index (χ0v) is 17.7. The Bertz CT molecular complexity index is 1080. The summed E-state index contributed by atoms with van der Waals surface area (Å²) in [5.74, 6) is 1.08. The monoisotopic (exact) mass is 418 g/mol. The minimum absolute atomic E-state index is 0.0283. The molecule has 1 aromatic heterocycles. The fourth-order valence-corrected chi connectivity index (χ4v) is 4.45. The van der Waals surface area contributed by atoms with Crippen LogP contribution in [-0.2, 0) is 29.5 Å². The fraction of sp³-hybridized carbons (Fsp3) is 0.286. The molecule has 0 aliphatic heterocycles. The van der Waals surface area contributed by atoms with Gasteiger partial charge in [-0.05, 0) is 48.7 Å². The van der Waals surface area contributed by atoms with Gasteiger partial charge in [0, 0.05) is 18.0 Å². The van der Waals surface area contributed by atoms with E-state index in [1.54, 1.807) is 24.4 Å². The molecule has 28 heavy (non-hydrogen) atoms. The van der Waals surface area contributed by atoms with Crippen molar-refractivity contribution >= 4 is 21.6 Å². The highest BCUT2D eigenvalue weighted by Crippen LogP contribution is 2.25. The van der Waals surface area contributed by atoms with Crippen LogP contribution in [0.1, 0.15) is 35.3 Å². The van der Waals surface area contributed by atoms with E-state index in [2.05, 4.69) is 4.98 Å². The quantitative estimate of drug-likeness (QED) is 0.547. The standard InChI is InChI=1S/C21H23ClN2O3S/c1-4-18-12-23-21(27-18)14-24(13-17-7-5-6-8-20(17)22)28(25,26)19-10-9-15(2)16(3)11-19/h5-12H,4,13-14H2,1-3H3. The van der Waals surface area contributed by atoms with Crippen LogP contribution in [0.5, 0.6) is 0 Å². The Kier molecular flexibility index (Phi) is 6.23. The normalized spacial score (nSPS) is 11.9. The molecule has 0 atom stereocenters. The molecule has 2 aromatic carbocycles. The number of aromatic nitrogens is 1. The maximum absolute atomic E-state index is 13.4. The largest absolute Gasteiger partial charge is 0.444 e. The zero-order chi connectivity index (χ0) is 20.3. The average molecular weight is 419 g/mol. The van der Waals surface area contributed by atoms with Crippen LogP contribution in [-0.4, -0.2) is 17.7 Å². The molecule has 0 unspecified atom stereocenters. The number of aryl methyl sites for hydroxylation is 3. The lowest BCUT2D eigenvalue weighted by Gasteiger charge is -2.22. The molecule has 0 fully saturated rings. The molecule has 0 amide bonds. The lowest BCUT2D eigenvalue weighted by Crippen LogP contribution is -2.30. The summed E-state index contributed by atoms with van der Waals surface area (Å²) in [7, 11) is -3.78. The van der Waals surface area contributed by atoms with Gasteiger partial charge in [0.05, 0.1) is 17.6 Å². The van der Waals surface area contributed by atoms with E-state index in [-0.39, 0.29) is 18.0 Å².